The molecule has 0 spiro atoms. The highest BCUT2D eigenvalue weighted by molar-refractivity contribution is 8.00. The quantitative estimate of drug-likeness (QED) is 0.716. The summed E-state index contributed by atoms with van der Waals surface area (Å²) in [6.45, 7) is 3.85. The summed E-state index contributed by atoms with van der Waals surface area (Å²) >= 11 is 1.37. The number of nitriles is 1. The van der Waals surface area contributed by atoms with Gasteiger partial charge in [-0.05, 0) is 25.5 Å². The van der Waals surface area contributed by atoms with Gasteiger partial charge in [0.15, 0.2) is 5.03 Å². The number of hydrogen-bond acceptors (Lipinski definition) is 5. The Morgan fingerprint density at radius 1 is 1.40 bits per heavy atom. The SMILES string of the molecule is Cc1cc(SNc2ccc(C)c3c(C#N)c[nH]c23)no1. The monoisotopic (exact) mass is 284 g/mol. The molecule has 0 atom stereocenters. The van der Waals surface area contributed by atoms with Crippen LogP contribution in [0.15, 0.2) is 33.9 Å². The second-order valence-corrected chi connectivity index (χ2v) is 5.30. The third-order valence-electron chi connectivity index (χ3n) is 3.04. The Morgan fingerprint density at radius 2 is 2.25 bits per heavy atom. The minimum absolute atomic E-state index is 0.656. The van der Waals surface area contributed by atoms with Crippen LogP contribution in [0.25, 0.3) is 10.9 Å². The Morgan fingerprint density at radius 3 is 2.95 bits per heavy atom. The molecule has 1 aromatic carbocycles. The van der Waals surface area contributed by atoms with Gasteiger partial charge < -0.3 is 14.2 Å². The second-order valence-electron chi connectivity index (χ2n) is 4.47. The van der Waals surface area contributed by atoms with Crippen LogP contribution in [0, 0.1) is 25.2 Å². The average Bonchev–Trinajstić information content (AvgIpc) is 3.05. The Kier molecular flexibility index (Phi) is 3.12. The molecule has 0 saturated heterocycles. The van der Waals surface area contributed by atoms with Gasteiger partial charge >= 0.3 is 0 Å². The highest BCUT2D eigenvalue weighted by Crippen LogP contribution is 2.31. The third kappa shape index (κ3) is 2.12. The molecule has 3 aromatic rings. The van der Waals surface area contributed by atoms with Crippen LogP contribution in [-0.4, -0.2) is 10.1 Å². The van der Waals surface area contributed by atoms with Crippen molar-refractivity contribution in [2.75, 3.05) is 4.72 Å². The molecule has 2 aromatic heterocycles. The van der Waals surface area contributed by atoms with E-state index in [9.17, 15) is 0 Å². The summed E-state index contributed by atoms with van der Waals surface area (Å²) < 4.78 is 8.25. The third-order valence-corrected chi connectivity index (χ3v) is 3.76. The fourth-order valence-corrected chi connectivity index (χ4v) is 2.78. The van der Waals surface area contributed by atoms with Gasteiger partial charge in [0.2, 0.25) is 0 Å². The maximum absolute atomic E-state index is 9.13. The molecule has 0 aliphatic heterocycles. The molecule has 5 nitrogen and oxygen atoms in total. The van der Waals surface area contributed by atoms with Crippen molar-refractivity contribution >= 4 is 28.5 Å². The van der Waals surface area contributed by atoms with Crippen LogP contribution in [0.5, 0.6) is 0 Å². The molecule has 0 radical (unpaired) electrons. The maximum Gasteiger partial charge on any atom is 0.160 e. The predicted octanol–water partition coefficient (Wildman–Crippen LogP) is 3.76. The van der Waals surface area contributed by atoms with Crippen molar-refractivity contribution in [1.29, 1.82) is 5.26 Å². The maximum atomic E-state index is 9.13. The van der Waals surface area contributed by atoms with Crippen LogP contribution >= 0.6 is 11.9 Å². The van der Waals surface area contributed by atoms with Gasteiger partial charge in [0.1, 0.15) is 11.8 Å². The van der Waals surface area contributed by atoms with Crippen molar-refractivity contribution in [2.45, 2.75) is 18.9 Å². The van der Waals surface area contributed by atoms with E-state index >= 15 is 0 Å². The summed E-state index contributed by atoms with van der Waals surface area (Å²) in [5.74, 6) is 0.773. The summed E-state index contributed by atoms with van der Waals surface area (Å²) in [4.78, 5) is 3.15. The summed E-state index contributed by atoms with van der Waals surface area (Å²) in [6, 6.07) is 8.04. The van der Waals surface area contributed by atoms with E-state index in [1.165, 1.54) is 11.9 Å². The number of nitrogens with zero attached hydrogens (tertiary/aromatic N) is 2. The summed E-state index contributed by atoms with van der Waals surface area (Å²) in [6.07, 6.45) is 1.73. The zero-order valence-electron chi connectivity index (χ0n) is 11.0. The number of anilines is 1. The molecule has 2 heterocycles. The molecule has 6 heteroatoms. The minimum Gasteiger partial charge on any atom is -0.361 e. The molecule has 20 heavy (non-hydrogen) atoms. The zero-order chi connectivity index (χ0) is 14.1. The molecular formula is C14H12N4OS. The van der Waals surface area contributed by atoms with Gasteiger partial charge in [0.05, 0.1) is 16.8 Å². The zero-order valence-corrected chi connectivity index (χ0v) is 11.8. The Bertz CT molecular complexity index is 812. The normalized spacial score (nSPS) is 10.7. The Balaban J connectivity index is 1.94. The first-order chi connectivity index (χ1) is 9.69. The van der Waals surface area contributed by atoms with Crippen molar-refractivity contribution in [3.63, 3.8) is 0 Å². The standard InChI is InChI=1S/C14H12N4OS/c1-8-3-4-11(14-13(8)10(6-15)7-16-14)18-20-12-5-9(2)19-17-12/h3-5,7,16,18H,1-2H3. The van der Waals surface area contributed by atoms with E-state index in [0.29, 0.717) is 5.56 Å². The highest BCUT2D eigenvalue weighted by atomic mass is 32.2. The number of aromatic amines is 1. The molecule has 100 valence electrons. The fraction of sp³-hybridized carbons (Fsp3) is 0.143. The molecule has 0 saturated carbocycles. The van der Waals surface area contributed by atoms with Crippen LogP contribution in [0.1, 0.15) is 16.9 Å². The number of aromatic nitrogens is 2. The van der Waals surface area contributed by atoms with E-state index in [-0.39, 0.29) is 0 Å². The van der Waals surface area contributed by atoms with Crippen LogP contribution in [0.2, 0.25) is 0 Å². The number of benzene rings is 1. The van der Waals surface area contributed by atoms with Crippen LogP contribution in [-0.2, 0) is 0 Å². The highest BCUT2D eigenvalue weighted by Gasteiger charge is 2.11. The molecule has 0 fully saturated rings. The van der Waals surface area contributed by atoms with Gasteiger partial charge in [0, 0.05) is 29.6 Å². The number of hydrogen-bond donors (Lipinski definition) is 2. The molecule has 2 N–H and O–H groups in total. The van der Waals surface area contributed by atoms with Crippen LogP contribution < -0.4 is 4.72 Å². The molecule has 3 rings (SSSR count). The molecule has 0 aliphatic rings. The van der Waals surface area contributed by atoms with E-state index in [0.717, 1.165) is 32.9 Å². The van der Waals surface area contributed by atoms with Crippen molar-refractivity contribution in [3.8, 4) is 6.07 Å². The molecule has 0 unspecified atom stereocenters. The van der Waals surface area contributed by atoms with E-state index in [2.05, 4.69) is 20.9 Å². The molecular weight excluding hydrogens is 272 g/mol. The lowest BCUT2D eigenvalue weighted by atomic mass is 10.1. The lowest BCUT2D eigenvalue weighted by Crippen LogP contribution is -1.89. The number of nitrogens with one attached hydrogen (secondary N) is 2. The first kappa shape index (κ1) is 12.6. The molecule has 0 amide bonds. The van der Waals surface area contributed by atoms with E-state index in [1.54, 1.807) is 6.20 Å². The minimum atomic E-state index is 0.656. The smallest absolute Gasteiger partial charge is 0.160 e. The Labute approximate surface area is 120 Å². The van der Waals surface area contributed by atoms with Gasteiger partial charge in [-0.15, -0.1) is 0 Å². The van der Waals surface area contributed by atoms with Gasteiger partial charge in [-0.3, -0.25) is 0 Å². The van der Waals surface area contributed by atoms with E-state index in [1.807, 2.05) is 32.0 Å². The van der Waals surface area contributed by atoms with Crippen molar-refractivity contribution in [3.05, 3.63) is 41.3 Å². The van der Waals surface area contributed by atoms with Gasteiger partial charge in [0.25, 0.3) is 0 Å². The average molecular weight is 284 g/mol. The van der Waals surface area contributed by atoms with Crippen LogP contribution in [0.3, 0.4) is 0 Å². The Hall–Kier alpha value is -2.39. The first-order valence-electron chi connectivity index (χ1n) is 6.06. The first-order valence-corrected chi connectivity index (χ1v) is 6.87. The molecule has 0 bridgehead atoms. The second kappa shape index (κ2) is 4.94. The summed E-state index contributed by atoms with van der Waals surface area (Å²) in [5.41, 5.74) is 3.57. The lowest BCUT2D eigenvalue weighted by Gasteiger charge is -2.06. The number of aryl methyl sites for hydroxylation is 2. The largest absolute Gasteiger partial charge is 0.361 e. The summed E-state index contributed by atoms with van der Waals surface area (Å²) in [5, 5.41) is 14.8. The van der Waals surface area contributed by atoms with E-state index < -0.39 is 0 Å². The van der Waals surface area contributed by atoms with Gasteiger partial charge in [-0.25, -0.2) is 0 Å². The van der Waals surface area contributed by atoms with Crippen molar-refractivity contribution < 1.29 is 4.52 Å². The number of rotatable bonds is 3. The fourth-order valence-electron chi connectivity index (χ4n) is 2.09. The topological polar surface area (TPSA) is 77.6 Å². The number of H-pyrrole nitrogens is 1. The lowest BCUT2D eigenvalue weighted by molar-refractivity contribution is 0.383. The van der Waals surface area contributed by atoms with Gasteiger partial charge in [-0.1, -0.05) is 11.2 Å². The summed E-state index contributed by atoms with van der Waals surface area (Å²) in [7, 11) is 0. The van der Waals surface area contributed by atoms with E-state index in [4.69, 9.17) is 9.78 Å². The van der Waals surface area contributed by atoms with Gasteiger partial charge in [-0.2, -0.15) is 5.26 Å². The number of fused-ring (bicyclic) bond motifs is 1. The predicted molar refractivity (Wildman–Crippen MR) is 78.5 cm³/mol. The molecule has 0 aliphatic carbocycles. The van der Waals surface area contributed by atoms with Crippen molar-refractivity contribution in [1.82, 2.24) is 10.1 Å². The van der Waals surface area contributed by atoms with Crippen molar-refractivity contribution in [2.24, 2.45) is 0 Å². The van der Waals surface area contributed by atoms with Crippen LogP contribution in [0.4, 0.5) is 5.69 Å².